The zero-order chi connectivity index (χ0) is 8.97. The molecule has 1 aromatic carbocycles. The quantitative estimate of drug-likeness (QED) is 0.668. The lowest BCUT2D eigenvalue weighted by molar-refractivity contribution is 1.50. The van der Waals surface area contributed by atoms with Gasteiger partial charge in [-0.2, -0.15) is 5.26 Å². The molecule has 0 atom stereocenters. The second kappa shape index (κ2) is 4.08. The standard InChI is InChI=1S/C10H8BrN/c1-2-8(7-12)9-3-5-10(11)6-4-9/h2-6H,1H3/b8-2+. The number of nitriles is 1. The van der Waals surface area contributed by atoms with Crippen LogP contribution in [0.3, 0.4) is 0 Å². The van der Waals surface area contributed by atoms with E-state index in [1.807, 2.05) is 37.3 Å². The highest BCUT2D eigenvalue weighted by atomic mass is 79.9. The highest BCUT2D eigenvalue weighted by molar-refractivity contribution is 9.10. The minimum absolute atomic E-state index is 0.711. The van der Waals surface area contributed by atoms with Crippen molar-refractivity contribution in [1.82, 2.24) is 0 Å². The van der Waals surface area contributed by atoms with Crippen molar-refractivity contribution < 1.29 is 0 Å². The van der Waals surface area contributed by atoms with Crippen LogP contribution < -0.4 is 0 Å². The topological polar surface area (TPSA) is 23.8 Å². The van der Waals surface area contributed by atoms with Crippen molar-refractivity contribution in [3.05, 3.63) is 40.4 Å². The summed E-state index contributed by atoms with van der Waals surface area (Å²) in [4.78, 5) is 0. The van der Waals surface area contributed by atoms with E-state index >= 15 is 0 Å². The van der Waals surface area contributed by atoms with Gasteiger partial charge >= 0.3 is 0 Å². The number of halogens is 1. The summed E-state index contributed by atoms with van der Waals surface area (Å²) in [5.74, 6) is 0. The highest BCUT2D eigenvalue weighted by Gasteiger charge is 1.96. The summed E-state index contributed by atoms with van der Waals surface area (Å²) in [7, 11) is 0. The van der Waals surface area contributed by atoms with Crippen LogP contribution in [0.1, 0.15) is 12.5 Å². The summed E-state index contributed by atoms with van der Waals surface area (Å²) in [6.07, 6.45) is 1.81. The van der Waals surface area contributed by atoms with Gasteiger partial charge in [0.25, 0.3) is 0 Å². The normalized spacial score (nSPS) is 10.9. The maximum absolute atomic E-state index is 8.72. The smallest absolute Gasteiger partial charge is 0.0994 e. The Balaban J connectivity index is 3.06. The van der Waals surface area contributed by atoms with Crippen LogP contribution in [0.4, 0.5) is 0 Å². The molecule has 1 aromatic rings. The Hall–Kier alpha value is -1.07. The molecule has 1 nitrogen and oxygen atoms in total. The Bertz CT molecular complexity index is 330. The summed E-state index contributed by atoms with van der Waals surface area (Å²) >= 11 is 3.34. The number of rotatable bonds is 1. The van der Waals surface area contributed by atoms with E-state index in [1.165, 1.54) is 0 Å². The number of allylic oxidation sites excluding steroid dienone is 2. The van der Waals surface area contributed by atoms with E-state index in [4.69, 9.17) is 5.26 Å². The van der Waals surface area contributed by atoms with Gasteiger partial charge in [-0.1, -0.05) is 34.1 Å². The van der Waals surface area contributed by atoms with Gasteiger partial charge < -0.3 is 0 Å². The SMILES string of the molecule is C/C=C(\C#N)c1ccc(Br)cc1. The van der Waals surface area contributed by atoms with Crippen LogP contribution in [0.2, 0.25) is 0 Å². The van der Waals surface area contributed by atoms with Crippen LogP contribution in [-0.4, -0.2) is 0 Å². The Kier molecular flexibility index (Phi) is 3.07. The van der Waals surface area contributed by atoms with E-state index in [0.29, 0.717) is 5.57 Å². The predicted molar refractivity (Wildman–Crippen MR) is 53.4 cm³/mol. The summed E-state index contributed by atoms with van der Waals surface area (Å²) in [5.41, 5.74) is 1.67. The van der Waals surface area contributed by atoms with Crippen molar-refractivity contribution in [2.75, 3.05) is 0 Å². The molecule has 1 rings (SSSR count). The van der Waals surface area contributed by atoms with E-state index in [1.54, 1.807) is 0 Å². The van der Waals surface area contributed by atoms with Crippen molar-refractivity contribution in [2.45, 2.75) is 6.92 Å². The monoisotopic (exact) mass is 221 g/mol. The molecule has 0 saturated heterocycles. The van der Waals surface area contributed by atoms with Crippen LogP contribution in [0, 0.1) is 11.3 Å². The lowest BCUT2D eigenvalue weighted by Gasteiger charge is -1.96. The summed E-state index contributed by atoms with van der Waals surface area (Å²) in [6, 6.07) is 9.83. The maximum Gasteiger partial charge on any atom is 0.0994 e. The molecule has 0 heterocycles. The van der Waals surface area contributed by atoms with Gasteiger partial charge in [-0.05, 0) is 24.6 Å². The van der Waals surface area contributed by atoms with Crippen molar-refractivity contribution in [1.29, 1.82) is 5.26 Å². The van der Waals surface area contributed by atoms with Gasteiger partial charge in [0.15, 0.2) is 0 Å². The molecule has 60 valence electrons. The van der Waals surface area contributed by atoms with Crippen molar-refractivity contribution >= 4 is 21.5 Å². The van der Waals surface area contributed by atoms with Gasteiger partial charge in [-0.15, -0.1) is 0 Å². The Labute approximate surface area is 80.5 Å². The number of hydrogen-bond donors (Lipinski definition) is 0. The summed E-state index contributed by atoms with van der Waals surface area (Å²) in [5, 5.41) is 8.72. The fourth-order valence-electron chi connectivity index (χ4n) is 0.925. The Morgan fingerprint density at radius 1 is 1.42 bits per heavy atom. The summed E-state index contributed by atoms with van der Waals surface area (Å²) < 4.78 is 1.03. The number of benzene rings is 1. The minimum Gasteiger partial charge on any atom is -0.192 e. The molecule has 2 heteroatoms. The molecule has 0 N–H and O–H groups in total. The first kappa shape index (κ1) is 9.02. The molecule has 0 spiro atoms. The lowest BCUT2D eigenvalue weighted by atomic mass is 10.1. The predicted octanol–water partition coefficient (Wildman–Crippen LogP) is 3.38. The van der Waals surface area contributed by atoms with Gasteiger partial charge in [0.05, 0.1) is 11.6 Å². The fourth-order valence-corrected chi connectivity index (χ4v) is 1.19. The molecular weight excluding hydrogens is 214 g/mol. The van der Waals surface area contributed by atoms with E-state index in [9.17, 15) is 0 Å². The third-order valence-corrected chi connectivity index (χ3v) is 2.09. The first-order valence-electron chi connectivity index (χ1n) is 3.60. The molecule has 0 saturated carbocycles. The van der Waals surface area contributed by atoms with Crippen LogP contribution in [0.25, 0.3) is 5.57 Å². The van der Waals surface area contributed by atoms with Gasteiger partial charge in [0.1, 0.15) is 0 Å². The average molecular weight is 222 g/mol. The second-order valence-corrected chi connectivity index (χ2v) is 3.24. The molecule has 0 aliphatic rings. The van der Waals surface area contributed by atoms with Crippen LogP contribution in [-0.2, 0) is 0 Å². The minimum atomic E-state index is 0.711. The maximum atomic E-state index is 8.72. The van der Waals surface area contributed by atoms with Crippen LogP contribution in [0.5, 0.6) is 0 Å². The third kappa shape index (κ3) is 1.96. The molecule has 0 amide bonds. The number of hydrogen-bond acceptors (Lipinski definition) is 1. The molecule has 0 aliphatic carbocycles. The fraction of sp³-hybridized carbons (Fsp3) is 0.100. The van der Waals surface area contributed by atoms with Gasteiger partial charge in [-0.3, -0.25) is 0 Å². The third-order valence-electron chi connectivity index (χ3n) is 1.56. The van der Waals surface area contributed by atoms with E-state index < -0.39 is 0 Å². The molecule has 0 unspecified atom stereocenters. The summed E-state index contributed by atoms with van der Waals surface area (Å²) in [6.45, 7) is 1.86. The molecular formula is C10H8BrN. The van der Waals surface area contributed by atoms with Gasteiger partial charge in [-0.25, -0.2) is 0 Å². The highest BCUT2D eigenvalue weighted by Crippen LogP contribution is 2.16. The van der Waals surface area contributed by atoms with Gasteiger partial charge in [0, 0.05) is 4.47 Å². The Morgan fingerprint density at radius 3 is 2.42 bits per heavy atom. The second-order valence-electron chi connectivity index (χ2n) is 2.32. The first-order chi connectivity index (χ1) is 5.77. The van der Waals surface area contributed by atoms with Crippen LogP contribution in [0.15, 0.2) is 34.8 Å². The zero-order valence-electron chi connectivity index (χ0n) is 6.71. The van der Waals surface area contributed by atoms with E-state index in [0.717, 1.165) is 10.0 Å². The molecule has 0 radical (unpaired) electrons. The number of nitrogens with zero attached hydrogens (tertiary/aromatic N) is 1. The van der Waals surface area contributed by atoms with Gasteiger partial charge in [0.2, 0.25) is 0 Å². The van der Waals surface area contributed by atoms with Crippen LogP contribution >= 0.6 is 15.9 Å². The van der Waals surface area contributed by atoms with Crippen molar-refractivity contribution in [3.63, 3.8) is 0 Å². The zero-order valence-corrected chi connectivity index (χ0v) is 8.30. The molecule has 0 fully saturated rings. The largest absolute Gasteiger partial charge is 0.192 e. The lowest BCUT2D eigenvalue weighted by Crippen LogP contribution is -1.78. The molecule has 0 aromatic heterocycles. The molecule has 0 aliphatic heterocycles. The van der Waals surface area contributed by atoms with E-state index in [2.05, 4.69) is 22.0 Å². The van der Waals surface area contributed by atoms with Crippen molar-refractivity contribution in [2.24, 2.45) is 0 Å². The average Bonchev–Trinajstić information content (AvgIpc) is 2.10. The molecule has 12 heavy (non-hydrogen) atoms. The molecule has 0 bridgehead atoms. The Morgan fingerprint density at radius 2 is 2.00 bits per heavy atom. The first-order valence-corrected chi connectivity index (χ1v) is 4.39. The van der Waals surface area contributed by atoms with E-state index in [-0.39, 0.29) is 0 Å². The van der Waals surface area contributed by atoms with Crippen molar-refractivity contribution in [3.8, 4) is 6.07 Å².